The lowest BCUT2D eigenvalue weighted by molar-refractivity contribution is -0.137. The van der Waals surface area contributed by atoms with E-state index in [0.29, 0.717) is 26.1 Å². The molecule has 0 unspecified atom stereocenters. The molecule has 8 heteroatoms. The largest absolute Gasteiger partial charge is 0.416 e. The zero-order chi connectivity index (χ0) is 15.5. The monoisotopic (exact) mass is 303 g/mol. The molecule has 1 amide bonds. The predicted molar refractivity (Wildman–Crippen MR) is 69.4 cm³/mol. The van der Waals surface area contributed by atoms with Crippen molar-refractivity contribution in [2.24, 2.45) is 11.1 Å². The van der Waals surface area contributed by atoms with Crippen LogP contribution in [0.25, 0.3) is 0 Å². The van der Waals surface area contributed by atoms with Crippen LogP contribution in [0.1, 0.15) is 18.4 Å². The van der Waals surface area contributed by atoms with Gasteiger partial charge in [-0.1, -0.05) is 0 Å². The van der Waals surface area contributed by atoms with Gasteiger partial charge < -0.3 is 15.8 Å². The number of hydrogen-bond donors (Lipinski definition) is 2. The van der Waals surface area contributed by atoms with Crippen molar-refractivity contribution in [1.29, 1.82) is 0 Å². The third kappa shape index (κ3) is 3.63. The second kappa shape index (κ2) is 5.88. The average molecular weight is 303 g/mol. The van der Waals surface area contributed by atoms with E-state index >= 15 is 0 Å². The second-order valence-corrected chi connectivity index (χ2v) is 5.04. The van der Waals surface area contributed by atoms with Gasteiger partial charge in [-0.3, -0.25) is 4.79 Å². The molecule has 0 saturated carbocycles. The Bertz CT molecular complexity index is 514. The normalized spacial score (nSPS) is 18.2. The van der Waals surface area contributed by atoms with Crippen molar-refractivity contribution in [3.63, 3.8) is 0 Å². The van der Waals surface area contributed by atoms with Crippen LogP contribution in [0.5, 0.6) is 0 Å². The number of pyridine rings is 1. The average Bonchev–Trinajstić information content (AvgIpc) is 2.45. The van der Waals surface area contributed by atoms with Crippen LogP contribution in [0.4, 0.5) is 19.0 Å². The number of anilines is 1. The third-order valence-electron chi connectivity index (χ3n) is 3.67. The Morgan fingerprint density at radius 2 is 2.10 bits per heavy atom. The van der Waals surface area contributed by atoms with Crippen molar-refractivity contribution in [3.8, 4) is 0 Å². The fourth-order valence-corrected chi connectivity index (χ4v) is 2.24. The number of halogens is 3. The predicted octanol–water partition coefficient (Wildman–Crippen LogP) is 1.79. The lowest BCUT2D eigenvalue weighted by atomic mass is 9.79. The number of primary amides is 1. The molecule has 0 aromatic carbocycles. The molecule has 3 N–H and O–H groups in total. The first-order chi connectivity index (χ1) is 9.83. The minimum Gasteiger partial charge on any atom is -0.381 e. The van der Waals surface area contributed by atoms with E-state index in [4.69, 9.17) is 10.5 Å². The minimum absolute atomic E-state index is 0.0666. The number of ether oxygens (including phenoxy) is 1. The summed E-state index contributed by atoms with van der Waals surface area (Å²) in [6.45, 7) is 0.946. The Hall–Kier alpha value is -1.83. The maximum atomic E-state index is 12.6. The Kier molecular flexibility index (Phi) is 4.36. The molecule has 0 spiro atoms. The van der Waals surface area contributed by atoms with Gasteiger partial charge in [-0.2, -0.15) is 13.2 Å². The van der Waals surface area contributed by atoms with Crippen LogP contribution in [0.2, 0.25) is 0 Å². The van der Waals surface area contributed by atoms with Gasteiger partial charge in [0, 0.05) is 26.0 Å². The number of carbonyl (C=O) groups excluding carboxylic acids is 1. The van der Waals surface area contributed by atoms with Gasteiger partial charge in [-0.05, 0) is 25.0 Å². The van der Waals surface area contributed by atoms with Gasteiger partial charge in [0.25, 0.3) is 0 Å². The summed E-state index contributed by atoms with van der Waals surface area (Å²) in [6.07, 6.45) is -2.48. The number of hydrogen-bond acceptors (Lipinski definition) is 4. The lowest BCUT2D eigenvalue weighted by Gasteiger charge is -2.34. The molecule has 116 valence electrons. The highest BCUT2D eigenvalue weighted by atomic mass is 19.4. The standard InChI is InChI=1S/C13H16F3N3O2/c14-13(15,16)9-1-4-18-10(7-9)19-8-12(11(17)20)2-5-21-6-3-12/h1,4,7H,2-3,5-6,8H2,(H2,17,20)(H,18,19). The molecule has 2 heterocycles. The maximum absolute atomic E-state index is 12.6. The molecule has 21 heavy (non-hydrogen) atoms. The molecule has 1 aromatic heterocycles. The van der Waals surface area contributed by atoms with E-state index < -0.39 is 23.1 Å². The Morgan fingerprint density at radius 1 is 1.43 bits per heavy atom. The van der Waals surface area contributed by atoms with E-state index in [2.05, 4.69) is 10.3 Å². The Balaban J connectivity index is 2.09. The van der Waals surface area contributed by atoms with Gasteiger partial charge >= 0.3 is 6.18 Å². The summed E-state index contributed by atoms with van der Waals surface area (Å²) in [5, 5.41) is 2.78. The number of nitrogens with one attached hydrogen (secondary N) is 1. The molecule has 0 atom stereocenters. The summed E-state index contributed by atoms with van der Waals surface area (Å²) < 4.78 is 43.1. The van der Waals surface area contributed by atoms with E-state index in [9.17, 15) is 18.0 Å². The molecule has 1 aliphatic heterocycles. The van der Waals surface area contributed by atoms with Crippen LogP contribution in [-0.4, -0.2) is 30.6 Å². The highest BCUT2D eigenvalue weighted by Crippen LogP contribution is 2.32. The Labute approximate surface area is 119 Å². The molecule has 0 bridgehead atoms. The van der Waals surface area contributed by atoms with Crippen molar-refractivity contribution in [2.75, 3.05) is 25.1 Å². The fourth-order valence-electron chi connectivity index (χ4n) is 2.24. The number of aromatic nitrogens is 1. The second-order valence-electron chi connectivity index (χ2n) is 5.04. The molecule has 0 radical (unpaired) electrons. The van der Waals surface area contributed by atoms with E-state index in [1.54, 1.807) is 0 Å². The van der Waals surface area contributed by atoms with Crippen LogP contribution in [0, 0.1) is 5.41 Å². The van der Waals surface area contributed by atoms with Crippen LogP contribution in [0.3, 0.4) is 0 Å². The molecule has 1 saturated heterocycles. The quantitative estimate of drug-likeness (QED) is 0.889. The molecule has 5 nitrogen and oxygen atoms in total. The molecule has 1 fully saturated rings. The summed E-state index contributed by atoms with van der Waals surface area (Å²) in [5.74, 6) is -0.415. The summed E-state index contributed by atoms with van der Waals surface area (Å²) in [6, 6.07) is 1.80. The highest BCUT2D eigenvalue weighted by Gasteiger charge is 2.38. The van der Waals surface area contributed by atoms with E-state index in [-0.39, 0.29) is 12.4 Å². The van der Waals surface area contributed by atoms with Crippen molar-refractivity contribution in [3.05, 3.63) is 23.9 Å². The zero-order valence-electron chi connectivity index (χ0n) is 11.2. The first-order valence-corrected chi connectivity index (χ1v) is 6.48. The smallest absolute Gasteiger partial charge is 0.381 e. The highest BCUT2D eigenvalue weighted by molar-refractivity contribution is 5.81. The van der Waals surface area contributed by atoms with Gasteiger partial charge in [0.2, 0.25) is 5.91 Å². The first kappa shape index (κ1) is 15.6. The number of rotatable bonds is 4. The lowest BCUT2D eigenvalue weighted by Crippen LogP contribution is -2.46. The SMILES string of the molecule is NC(=O)C1(CNc2cc(C(F)(F)F)ccn2)CCOCC1. The maximum Gasteiger partial charge on any atom is 0.416 e. The zero-order valence-corrected chi connectivity index (χ0v) is 11.2. The fraction of sp³-hybridized carbons (Fsp3) is 0.538. The van der Waals surface area contributed by atoms with Gasteiger partial charge in [-0.25, -0.2) is 4.98 Å². The number of nitrogens with zero attached hydrogens (tertiary/aromatic N) is 1. The van der Waals surface area contributed by atoms with Crippen molar-refractivity contribution < 1.29 is 22.7 Å². The number of amides is 1. The number of alkyl halides is 3. The van der Waals surface area contributed by atoms with Crippen molar-refractivity contribution >= 4 is 11.7 Å². The summed E-state index contributed by atoms with van der Waals surface area (Å²) in [7, 11) is 0. The van der Waals surface area contributed by atoms with Crippen LogP contribution < -0.4 is 11.1 Å². The summed E-state index contributed by atoms with van der Waals surface area (Å²) in [4.78, 5) is 15.5. The molecule has 2 rings (SSSR count). The minimum atomic E-state index is -4.43. The van der Waals surface area contributed by atoms with E-state index in [1.165, 1.54) is 0 Å². The van der Waals surface area contributed by atoms with Crippen molar-refractivity contribution in [2.45, 2.75) is 19.0 Å². The van der Waals surface area contributed by atoms with Crippen molar-refractivity contribution in [1.82, 2.24) is 4.98 Å². The molecular weight excluding hydrogens is 287 g/mol. The molecule has 1 aromatic rings. The third-order valence-corrected chi connectivity index (χ3v) is 3.67. The summed E-state index contributed by atoms with van der Waals surface area (Å²) >= 11 is 0. The molecule has 1 aliphatic rings. The molecular formula is C13H16F3N3O2. The van der Waals surface area contributed by atoms with E-state index in [1.807, 2.05) is 0 Å². The van der Waals surface area contributed by atoms with E-state index in [0.717, 1.165) is 18.3 Å². The van der Waals surface area contributed by atoms with Crippen LogP contribution in [-0.2, 0) is 15.7 Å². The first-order valence-electron chi connectivity index (χ1n) is 6.48. The van der Waals surface area contributed by atoms with Gasteiger partial charge in [0.1, 0.15) is 5.82 Å². The summed E-state index contributed by atoms with van der Waals surface area (Å²) in [5.41, 5.74) is 3.83. The number of carbonyl (C=O) groups is 1. The Morgan fingerprint density at radius 3 is 2.67 bits per heavy atom. The van der Waals surface area contributed by atoms with Crippen LogP contribution in [0.15, 0.2) is 18.3 Å². The van der Waals surface area contributed by atoms with Gasteiger partial charge in [0.15, 0.2) is 0 Å². The van der Waals surface area contributed by atoms with Gasteiger partial charge in [0.05, 0.1) is 11.0 Å². The topological polar surface area (TPSA) is 77.2 Å². The number of nitrogens with two attached hydrogens (primary N) is 1. The molecule has 0 aliphatic carbocycles. The van der Waals surface area contributed by atoms with Crippen LogP contribution >= 0.6 is 0 Å². The van der Waals surface area contributed by atoms with Gasteiger partial charge in [-0.15, -0.1) is 0 Å².